The van der Waals surface area contributed by atoms with Gasteiger partial charge in [0, 0.05) is 23.3 Å². The fourth-order valence-electron chi connectivity index (χ4n) is 2.03. The van der Waals surface area contributed by atoms with E-state index in [2.05, 4.69) is 4.99 Å². The first-order chi connectivity index (χ1) is 11.0. The van der Waals surface area contributed by atoms with Crippen molar-refractivity contribution < 1.29 is 19.6 Å². The van der Waals surface area contributed by atoms with Crippen molar-refractivity contribution in [3.8, 4) is 5.75 Å². The van der Waals surface area contributed by atoms with Crippen molar-refractivity contribution in [1.82, 2.24) is 0 Å². The van der Waals surface area contributed by atoms with Crippen molar-refractivity contribution in [3.63, 3.8) is 0 Å². The highest BCUT2D eigenvalue weighted by molar-refractivity contribution is 6.12. The minimum atomic E-state index is -0.685. The summed E-state index contributed by atoms with van der Waals surface area (Å²) in [5.41, 5.74) is 0.504. The third-order valence-corrected chi connectivity index (χ3v) is 3.16. The number of aliphatic imine (C=N–C) groups is 1. The molecule has 2 aromatic rings. The van der Waals surface area contributed by atoms with Gasteiger partial charge in [-0.05, 0) is 24.3 Å². The molecule has 7 heteroatoms. The molecule has 0 saturated heterocycles. The average Bonchev–Trinajstić information content (AvgIpc) is 2.91. The van der Waals surface area contributed by atoms with Crippen LogP contribution in [0.1, 0.15) is 11.1 Å². The average molecular weight is 310 g/mol. The molecular weight excluding hydrogens is 300 g/mol. The van der Waals surface area contributed by atoms with Crippen LogP contribution in [0.15, 0.2) is 59.2 Å². The van der Waals surface area contributed by atoms with Gasteiger partial charge in [-0.15, -0.1) is 0 Å². The molecular formula is C16H10N2O5. The molecule has 0 saturated carbocycles. The predicted molar refractivity (Wildman–Crippen MR) is 81.8 cm³/mol. The van der Waals surface area contributed by atoms with Gasteiger partial charge in [0.2, 0.25) is 5.90 Å². The number of phenols is 1. The van der Waals surface area contributed by atoms with Crippen molar-refractivity contribution in [1.29, 1.82) is 0 Å². The van der Waals surface area contributed by atoms with E-state index in [1.165, 1.54) is 18.2 Å². The number of phenolic OH excluding ortho intramolecular Hbond substituents is 1. The van der Waals surface area contributed by atoms with Gasteiger partial charge in [0.05, 0.1) is 4.92 Å². The number of aromatic hydroxyl groups is 1. The summed E-state index contributed by atoms with van der Waals surface area (Å²) in [7, 11) is 0. The number of nitro groups is 1. The van der Waals surface area contributed by atoms with Crippen molar-refractivity contribution in [2.45, 2.75) is 0 Å². The molecule has 1 heterocycles. The van der Waals surface area contributed by atoms with E-state index in [0.717, 1.165) is 6.07 Å². The summed E-state index contributed by atoms with van der Waals surface area (Å²) in [6.45, 7) is 0. The summed E-state index contributed by atoms with van der Waals surface area (Å²) in [6.07, 6.45) is 1.25. The zero-order valence-corrected chi connectivity index (χ0v) is 11.7. The highest BCUT2D eigenvalue weighted by Crippen LogP contribution is 2.27. The van der Waals surface area contributed by atoms with Gasteiger partial charge in [0.15, 0.2) is 5.70 Å². The Morgan fingerprint density at radius 1 is 1.17 bits per heavy atom. The van der Waals surface area contributed by atoms with Crippen LogP contribution in [0, 0.1) is 10.1 Å². The third-order valence-electron chi connectivity index (χ3n) is 3.16. The van der Waals surface area contributed by atoms with Crippen LogP contribution < -0.4 is 0 Å². The highest BCUT2D eigenvalue weighted by atomic mass is 16.6. The summed E-state index contributed by atoms with van der Waals surface area (Å²) in [4.78, 5) is 26.1. The number of esters is 1. The number of rotatable bonds is 3. The lowest BCUT2D eigenvalue weighted by Gasteiger charge is -1.99. The lowest BCUT2D eigenvalue weighted by atomic mass is 10.1. The van der Waals surface area contributed by atoms with Crippen LogP contribution in [0.4, 0.5) is 5.69 Å². The standard InChI is InChI=1S/C16H10N2O5/c19-14-7-6-12(18(21)22)8-11(14)9-13-16(20)23-15(17-13)10-4-2-1-3-5-10/h1-9,19H. The highest BCUT2D eigenvalue weighted by Gasteiger charge is 2.24. The van der Waals surface area contributed by atoms with Gasteiger partial charge in [-0.25, -0.2) is 9.79 Å². The van der Waals surface area contributed by atoms with Crippen LogP contribution in [-0.2, 0) is 9.53 Å². The molecule has 0 aliphatic carbocycles. The third kappa shape index (κ3) is 2.93. The molecule has 3 rings (SSSR count). The van der Waals surface area contributed by atoms with E-state index in [9.17, 15) is 20.0 Å². The van der Waals surface area contributed by atoms with Crippen LogP contribution in [0.5, 0.6) is 5.75 Å². The lowest BCUT2D eigenvalue weighted by Crippen LogP contribution is -2.04. The zero-order valence-electron chi connectivity index (χ0n) is 11.7. The minimum Gasteiger partial charge on any atom is -0.507 e. The van der Waals surface area contributed by atoms with E-state index in [0.29, 0.717) is 5.56 Å². The number of hydrogen-bond acceptors (Lipinski definition) is 6. The van der Waals surface area contributed by atoms with Crippen molar-refractivity contribution in [2.24, 2.45) is 4.99 Å². The summed E-state index contributed by atoms with van der Waals surface area (Å²) in [5.74, 6) is -0.735. The maximum absolute atomic E-state index is 11.9. The van der Waals surface area contributed by atoms with Gasteiger partial charge < -0.3 is 9.84 Å². The van der Waals surface area contributed by atoms with Gasteiger partial charge in [-0.1, -0.05) is 18.2 Å². The van der Waals surface area contributed by atoms with Gasteiger partial charge in [0.25, 0.3) is 5.69 Å². The lowest BCUT2D eigenvalue weighted by molar-refractivity contribution is -0.384. The molecule has 114 valence electrons. The smallest absolute Gasteiger partial charge is 0.363 e. The number of nitro benzene ring substituents is 1. The minimum absolute atomic E-state index is 0.0420. The molecule has 0 unspecified atom stereocenters. The van der Waals surface area contributed by atoms with Crippen LogP contribution in [0.25, 0.3) is 6.08 Å². The molecule has 2 aromatic carbocycles. The van der Waals surface area contributed by atoms with Gasteiger partial charge >= 0.3 is 5.97 Å². The van der Waals surface area contributed by atoms with Crippen molar-refractivity contribution in [3.05, 3.63) is 75.5 Å². The largest absolute Gasteiger partial charge is 0.507 e. The van der Waals surface area contributed by atoms with Crippen molar-refractivity contribution in [2.75, 3.05) is 0 Å². The van der Waals surface area contributed by atoms with Crippen LogP contribution in [-0.4, -0.2) is 21.9 Å². The quantitative estimate of drug-likeness (QED) is 0.406. The number of cyclic esters (lactones) is 1. The first kappa shape index (κ1) is 14.5. The van der Waals surface area contributed by atoms with E-state index in [1.807, 2.05) is 6.07 Å². The first-order valence-corrected chi connectivity index (χ1v) is 6.60. The fourth-order valence-corrected chi connectivity index (χ4v) is 2.03. The molecule has 0 radical (unpaired) electrons. The number of benzene rings is 2. The van der Waals surface area contributed by atoms with Crippen molar-refractivity contribution >= 4 is 23.6 Å². The van der Waals surface area contributed by atoms with Gasteiger partial charge in [-0.2, -0.15) is 0 Å². The van der Waals surface area contributed by atoms with E-state index >= 15 is 0 Å². The monoisotopic (exact) mass is 310 g/mol. The molecule has 0 bridgehead atoms. The Balaban J connectivity index is 2.00. The molecule has 1 N–H and O–H groups in total. The van der Waals surface area contributed by atoms with Gasteiger partial charge in [-0.3, -0.25) is 10.1 Å². The molecule has 0 spiro atoms. The van der Waals surface area contributed by atoms with E-state index < -0.39 is 10.9 Å². The fraction of sp³-hybridized carbons (Fsp3) is 0. The number of hydrogen-bond donors (Lipinski definition) is 1. The second kappa shape index (κ2) is 5.72. The first-order valence-electron chi connectivity index (χ1n) is 6.60. The summed E-state index contributed by atoms with van der Waals surface area (Å²) in [6, 6.07) is 12.4. The van der Waals surface area contributed by atoms with E-state index in [-0.39, 0.29) is 28.6 Å². The summed E-state index contributed by atoms with van der Waals surface area (Å²) < 4.78 is 5.08. The Hall–Kier alpha value is -3.48. The molecule has 1 aliphatic heterocycles. The van der Waals surface area contributed by atoms with Crippen LogP contribution in [0.3, 0.4) is 0 Å². The maximum Gasteiger partial charge on any atom is 0.363 e. The number of non-ortho nitro benzene ring substituents is 1. The Labute approximate surface area is 130 Å². The summed E-state index contributed by atoms with van der Waals surface area (Å²) >= 11 is 0. The number of carbonyl (C=O) groups is 1. The Morgan fingerprint density at radius 2 is 1.91 bits per heavy atom. The maximum atomic E-state index is 11.9. The second-order valence-corrected chi connectivity index (χ2v) is 4.70. The Morgan fingerprint density at radius 3 is 2.61 bits per heavy atom. The molecule has 0 amide bonds. The molecule has 0 aromatic heterocycles. The zero-order chi connectivity index (χ0) is 16.4. The number of nitrogens with zero attached hydrogens (tertiary/aromatic N) is 2. The topological polar surface area (TPSA) is 102 Å². The predicted octanol–water partition coefficient (Wildman–Crippen LogP) is 2.64. The normalized spacial score (nSPS) is 15.4. The second-order valence-electron chi connectivity index (χ2n) is 4.70. The molecule has 0 fully saturated rings. The SMILES string of the molecule is O=C1OC(c2ccccc2)=NC1=Cc1cc([N+](=O)[O-])ccc1O. The van der Waals surface area contributed by atoms with E-state index in [1.54, 1.807) is 24.3 Å². The molecule has 0 atom stereocenters. The van der Waals surface area contributed by atoms with Crippen LogP contribution in [0.2, 0.25) is 0 Å². The molecule has 1 aliphatic rings. The number of carbonyl (C=O) groups excluding carboxylic acids is 1. The van der Waals surface area contributed by atoms with Crippen LogP contribution >= 0.6 is 0 Å². The molecule has 23 heavy (non-hydrogen) atoms. The van der Waals surface area contributed by atoms with Gasteiger partial charge in [0.1, 0.15) is 5.75 Å². The number of ether oxygens (including phenoxy) is 1. The summed E-state index contributed by atoms with van der Waals surface area (Å²) in [5, 5.41) is 20.6. The van der Waals surface area contributed by atoms with E-state index in [4.69, 9.17) is 4.74 Å². The Kier molecular flexibility index (Phi) is 3.60. The molecule has 7 nitrogen and oxygen atoms in total. The Bertz CT molecular complexity index is 856.